The molecule has 2 nitrogen and oxygen atoms in total. The molecule has 1 aromatic carbocycles. The van der Waals surface area contributed by atoms with E-state index in [1.165, 1.54) is 24.8 Å². The van der Waals surface area contributed by atoms with Crippen LogP contribution in [0.5, 0.6) is 0 Å². The van der Waals surface area contributed by atoms with Gasteiger partial charge in [-0.05, 0) is 60.0 Å². The first-order chi connectivity index (χ1) is 10.1. The molecule has 1 aromatic rings. The standard InChI is InChI=1S/C19H27NO/c1-11(2)12-3-5-13(6-4-12)16(21)10-20-19-17-14-7-8-15(9-14)18(17)19/h3-6,11,14-21H,7-10H2,1-2H3. The molecule has 0 spiro atoms. The zero-order valence-corrected chi connectivity index (χ0v) is 13.1. The predicted octanol–water partition coefficient (Wildman–Crippen LogP) is 3.48. The van der Waals surface area contributed by atoms with Crippen LogP contribution in [0.15, 0.2) is 24.3 Å². The van der Waals surface area contributed by atoms with Gasteiger partial charge in [-0.3, -0.25) is 0 Å². The van der Waals surface area contributed by atoms with Gasteiger partial charge >= 0.3 is 0 Å². The Balaban J connectivity index is 1.31. The second-order valence-electron chi connectivity index (χ2n) is 7.76. The van der Waals surface area contributed by atoms with Gasteiger partial charge in [0.25, 0.3) is 0 Å². The van der Waals surface area contributed by atoms with Crippen molar-refractivity contribution in [1.29, 1.82) is 0 Å². The second kappa shape index (κ2) is 5.10. The first-order valence-corrected chi connectivity index (χ1v) is 8.66. The quantitative estimate of drug-likeness (QED) is 0.868. The second-order valence-corrected chi connectivity index (χ2v) is 7.76. The first kappa shape index (κ1) is 13.8. The Labute approximate surface area is 128 Å². The molecule has 21 heavy (non-hydrogen) atoms. The van der Waals surface area contributed by atoms with Crippen molar-refractivity contribution < 1.29 is 5.11 Å². The average molecular weight is 285 g/mol. The number of nitrogens with one attached hydrogen (secondary N) is 1. The number of hydrogen-bond donors (Lipinski definition) is 2. The van der Waals surface area contributed by atoms with Crippen LogP contribution in [0.25, 0.3) is 0 Å². The van der Waals surface area contributed by atoms with Crippen LogP contribution in [0.3, 0.4) is 0 Å². The summed E-state index contributed by atoms with van der Waals surface area (Å²) in [6.07, 6.45) is 4.05. The highest BCUT2D eigenvalue weighted by Crippen LogP contribution is 2.65. The molecule has 3 aliphatic rings. The van der Waals surface area contributed by atoms with Crippen LogP contribution in [0.1, 0.15) is 56.3 Å². The SMILES string of the molecule is CC(C)c1ccc(C(O)CNC2C3C4CCC(C4)C23)cc1. The Morgan fingerprint density at radius 3 is 2.19 bits per heavy atom. The lowest BCUT2D eigenvalue weighted by atomic mass is 10.00. The summed E-state index contributed by atoms with van der Waals surface area (Å²) in [5, 5.41) is 14.0. The van der Waals surface area contributed by atoms with Gasteiger partial charge in [-0.1, -0.05) is 38.1 Å². The molecular formula is C19H27NO. The van der Waals surface area contributed by atoms with Gasteiger partial charge in [0.15, 0.2) is 0 Å². The lowest BCUT2D eigenvalue weighted by Gasteiger charge is -2.15. The van der Waals surface area contributed by atoms with Crippen molar-refractivity contribution in [1.82, 2.24) is 5.32 Å². The summed E-state index contributed by atoms with van der Waals surface area (Å²) in [4.78, 5) is 0. The third-order valence-electron chi connectivity index (χ3n) is 6.27. The highest BCUT2D eigenvalue weighted by atomic mass is 16.3. The lowest BCUT2D eigenvalue weighted by molar-refractivity contribution is 0.171. The number of rotatable bonds is 5. The van der Waals surface area contributed by atoms with E-state index in [-0.39, 0.29) is 6.10 Å². The maximum Gasteiger partial charge on any atom is 0.0914 e. The third-order valence-corrected chi connectivity index (χ3v) is 6.27. The van der Waals surface area contributed by atoms with E-state index in [1.807, 2.05) is 0 Å². The van der Waals surface area contributed by atoms with Crippen molar-refractivity contribution in [2.24, 2.45) is 23.7 Å². The molecule has 5 atom stereocenters. The molecule has 0 amide bonds. The summed E-state index contributed by atoms with van der Waals surface area (Å²) < 4.78 is 0. The molecule has 2 N–H and O–H groups in total. The summed E-state index contributed by atoms with van der Waals surface area (Å²) in [6, 6.07) is 9.17. The van der Waals surface area contributed by atoms with E-state index in [1.54, 1.807) is 0 Å². The summed E-state index contributed by atoms with van der Waals surface area (Å²) >= 11 is 0. The molecule has 0 radical (unpaired) electrons. The predicted molar refractivity (Wildman–Crippen MR) is 85.1 cm³/mol. The molecular weight excluding hydrogens is 258 g/mol. The largest absolute Gasteiger partial charge is 0.387 e. The molecule has 4 rings (SSSR count). The molecule has 3 saturated carbocycles. The minimum atomic E-state index is -0.370. The zero-order chi connectivity index (χ0) is 14.6. The van der Waals surface area contributed by atoms with Gasteiger partial charge in [-0.25, -0.2) is 0 Å². The first-order valence-electron chi connectivity index (χ1n) is 8.66. The van der Waals surface area contributed by atoms with E-state index in [9.17, 15) is 5.11 Å². The molecule has 0 aromatic heterocycles. The van der Waals surface area contributed by atoms with Crippen LogP contribution in [0.2, 0.25) is 0 Å². The van der Waals surface area contributed by atoms with Crippen LogP contribution in [-0.2, 0) is 0 Å². The molecule has 3 fully saturated rings. The normalized spacial score (nSPS) is 37.8. The van der Waals surface area contributed by atoms with Crippen molar-refractivity contribution in [2.75, 3.05) is 6.54 Å². The van der Waals surface area contributed by atoms with Crippen LogP contribution in [0, 0.1) is 23.7 Å². The Morgan fingerprint density at radius 1 is 1.05 bits per heavy atom. The molecule has 3 aliphatic carbocycles. The van der Waals surface area contributed by atoms with Gasteiger partial charge in [0.05, 0.1) is 6.10 Å². The Kier molecular flexibility index (Phi) is 3.35. The maximum atomic E-state index is 10.4. The van der Waals surface area contributed by atoms with Crippen molar-refractivity contribution in [3.63, 3.8) is 0 Å². The van der Waals surface area contributed by atoms with Crippen LogP contribution in [-0.4, -0.2) is 17.7 Å². The topological polar surface area (TPSA) is 32.3 Å². The van der Waals surface area contributed by atoms with Gasteiger partial charge in [0.1, 0.15) is 0 Å². The van der Waals surface area contributed by atoms with Crippen molar-refractivity contribution >= 4 is 0 Å². The molecule has 0 aliphatic heterocycles. The molecule has 0 saturated heterocycles. The number of fused-ring (bicyclic) bond motifs is 5. The van der Waals surface area contributed by atoms with Crippen molar-refractivity contribution in [2.45, 2.75) is 51.2 Å². The minimum absolute atomic E-state index is 0.370. The molecule has 0 heterocycles. The maximum absolute atomic E-state index is 10.4. The van der Waals surface area contributed by atoms with Gasteiger partial charge in [-0.2, -0.15) is 0 Å². The van der Waals surface area contributed by atoms with E-state index < -0.39 is 0 Å². The Hall–Kier alpha value is -0.860. The summed E-state index contributed by atoms with van der Waals surface area (Å²) in [5.41, 5.74) is 2.38. The van der Waals surface area contributed by atoms with Gasteiger partial charge < -0.3 is 10.4 Å². The van der Waals surface area contributed by atoms with E-state index in [2.05, 4.69) is 43.4 Å². The van der Waals surface area contributed by atoms with Gasteiger partial charge in [0, 0.05) is 12.6 Å². The molecule has 114 valence electrons. The zero-order valence-electron chi connectivity index (χ0n) is 13.1. The fourth-order valence-electron chi connectivity index (χ4n) is 5.07. The van der Waals surface area contributed by atoms with Gasteiger partial charge in [0.2, 0.25) is 0 Å². The number of aliphatic hydroxyl groups excluding tert-OH is 1. The summed E-state index contributed by atoms with van der Waals surface area (Å²) in [5.74, 6) is 4.44. The highest BCUT2D eigenvalue weighted by Gasteiger charge is 2.64. The van der Waals surface area contributed by atoms with E-state index in [0.717, 1.165) is 29.2 Å². The van der Waals surface area contributed by atoms with Crippen molar-refractivity contribution in [3.05, 3.63) is 35.4 Å². The fraction of sp³-hybridized carbons (Fsp3) is 0.684. The Bertz CT molecular complexity index is 493. The molecule has 2 heteroatoms. The van der Waals surface area contributed by atoms with Gasteiger partial charge in [-0.15, -0.1) is 0 Å². The highest BCUT2D eigenvalue weighted by molar-refractivity contribution is 5.26. The lowest BCUT2D eigenvalue weighted by Crippen LogP contribution is -2.27. The smallest absolute Gasteiger partial charge is 0.0914 e. The van der Waals surface area contributed by atoms with Crippen LogP contribution >= 0.6 is 0 Å². The average Bonchev–Trinajstić information content (AvgIpc) is 2.88. The summed E-state index contributed by atoms with van der Waals surface area (Å²) in [7, 11) is 0. The van der Waals surface area contributed by atoms with E-state index in [0.29, 0.717) is 18.5 Å². The number of benzene rings is 1. The van der Waals surface area contributed by atoms with Crippen LogP contribution < -0.4 is 5.32 Å². The monoisotopic (exact) mass is 285 g/mol. The Morgan fingerprint density at radius 2 is 1.62 bits per heavy atom. The molecule has 5 unspecified atom stereocenters. The van der Waals surface area contributed by atoms with E-state index in [4.69, 9.17) is 0 Å². The third kappa shape index (κ3) is 2.33. The van der Waals surface area contributed by atoms with Crippen LogP contribution in [0.4, 0.5) is 0 Å². The molecule has 2 bridgehead atoms. The number of aliphatic hydroxyl groups is 1. The van der Waals surface area contributed by atoms with Crippen molar-refractivity contribution in [3.8, 4) is 0 Å². The number of hydrogen-bond acceptors (Lipinski definition) is 2. The summed E-state index contributed by atoms with van der Waals surface area (Å²) in [6.45, 7) is 5.11. The van der Waals surface area contributed by atoms with E-state index >= 15 is 0 Å². The fourth-order valence-corrected chi connectivity index (χ4v) is 5.07. The minimum Gasteiger partial charge on any atom is -0.387 e.